The van der Waals surface area contributed by atoms with E-state index in [4.69, 9.17) is 13.9 Å². The Morgan fingerprint density at radius 1 is 1.21 bits per heavy atom. The summed E-state index contributed by atoms with van der Waals surface area (Å²) >= 11 is 0. The van der Waals surface area contributed by atoms with Gasteiger partial charge in [-0.3, -0.25) is 0 Å². The summed E-state index contributed by atoms with van der Waals surface area (Å²) in [7, 11) is 1.59. The minimum atomic E-state index is -0.429. The summed E-state index contributed by atoms with van der Waals surface area (Å²) in [5, 5.41) is 0.824. The fraction of sp³-hybridized carbons (Fsp3) is 0.480. The molecule has 0 saturated carbocycles. The van der Waals surface area contributed by atoms with Gasteiger partial charge in [-0.1, -0.05) is 30.2 Å². The van der Waals surface area contributed by atoms with Crippen molar-refractivity contribution in [2.75, 3.05) is 7.11 Å². The molecule has 2 aromatic rings. The normalized spacial score (nSPS) is 21.0. The standard InChI is InChI=1S/C25H32O4/c1-16(2)9-7-10-17(3)11-8-14-25(5)18(4)22-23(29-25)20-13-12-19(27-6)15-21(20)28-24(22)26/h9,11-13,15,18H,7-8,10,14H2,1-6H3/t18-,25-/m1/s1. The highest BCUT2D eigenvalue weighted by Crippen LogP contribution is 2.48. The van der Waals surface area contributed by atoms with E-state index in [1.54, 1.807) is 13.2 Å². The van der Waals surface area contributed by atoms with Gasteiger partial charge in [0, 0.05) is 12.0 Å². The Bertz CT molecular complexity index is 1010. The Hall–Kier alpha value is -2.49. The van der Waals surface area contributed by atoms with Crippen LogP contribution in [0.1, 0.15) is 71.8 Å². The quantitative estimate of drug-likeness (QED) is 0.394. The van der Waals surface area contributed by atoms with Crippen molar-refractivity contribution in [3.8, 4) is 11.5 Å². The van der Waals surface area contributed by atoms with Crippen LogP contribution in [0.15, 0.2) is 50.7 Å². The van der Waals surface area contributed by atoms with Gasteiger partial charge < -0.3 is 13.9 Å². The second-order valence-corrected chi connectivity index (χ2v) is 8.54. The molecule has 0 unspecified atom stereocenters. The van der Waals surface area contributed by atoms with Crippen LogP contribution in [0.25, 0.3) is 11.0 Å². The molecule has 0 spiro atoms. The van der Waals surface area contributed by atoms with E-state index in [1.165, 1.54) is 11.1 Å². The second kappa shape index (κ2) is 8.48. The molecule has 0 bridgehead atoms. The van der Waals surface area contributed by atoms with Gasteiger partial charge in [0.15, 0.2) is 0 Å². The summed E-state index contributed by atoms with van der Waals surface area (Å²) in [6.07, 6.45) is 8.50. The summed E-state index contributed by atoms with van der Waals surface area (Å²) in [6.45, 7) is 10.6. The zero-order valence-electron chi connectivity index (χ0n) is 18.4. The van der Waals surface area contributed by atoms with Crippen LogP contribution in [0.4, 0.5) is 0 Å². The van der Waals surface area contributed by atoms with Gasteiger partial charge in [-0.25, -0.2) is 4.79 Å². The summed E-state index contributed by atoms with van der Waals surface area (Å²) in [4.78, 5) is 12.7. The molecular weight excluding hydrogens is 364 g/mol. The van der Waals surface area contributed by atoms with Crippen LogP contribution in [0.2, 0.25) is 0 Å². The molecule has 0 aliphatic carbocycles. The molecule has 0 saturated heterocycles. The molecular formula is C25H32O4. The first-order valence-corrected chi connectivity index (χ1v) is 10.4. The highest BCUT2D eigenvalue weighted by molar-refractivity contribution is 5.86. The van der Waals surface area contributed by atoms with E-state index in [1.807, 2.05) is 12.1 Å². The van der Waals surface area contributed by atoms with Gasteiger partial charge in [0.25, 0.3) is 0 Å². The summed E-state index contributed by atoms with van der Waals surface area (Å²) in [6, 6.07) is 5.51. The van der Waals surface area contributed by atoms with E-state index in [9.17, 15) is 4.79 Å². The zero-order chi connectivity index (χ0) is 21.2. The number of methoxy groups -OCH3 is 1. The van der Waals surface area contributed by atoms with Crippen molar-refractivity contribution in [1.82, 2.24) is 0 Å². The Morgan fingerprint density at radius 3 is 2.66 bits per heavy atom. The molecule has 156 valence electrons. The van der Waals surface area contributed by atoms with Gasteiger partial charge >= 0.3 is 5.63 Å². The first-order chi connectivity index (χ1) is 13.7. The molecule has 0 radical (unpaired) electrons. The maximum Gasteiger partial charge on any atom is 0.343 e. The molecule has 4 heteroatoms. The Labute approximate surface area is 173 Å². The first kappa shape index (κ1) is 21.2. The lowest BCUT2D eigenvalue weighted by atomic mass is 9.84. The van der Waals surface area contributed by atoms with E-state index < -0.39 is 5.60 Å². The molecule has 0 N–H and O–H groups in total. The SMILES string of the molecule is COc1ccc2c3c(c(=O)oc2c1)[C@@H](C)[C@@](C)(CCC=C(C)CCC=C(C)C)O3. The van der Waals surface area contributed by atoms with Crippen LogP contribution in [-0.4, -0.2) is 12.7 Å². The molecule has 4 nitrogen and oxygen atoms in total. The lowest BCUT2D eigenvalue weighted by molar-refractivity contribution is 0.0862. The number of rotatable bonds is 7. The van der Waals surface area contributed by atoms with Crippen LogP contribution < -0.4 is 15.1 Å². The topological polar surface area (TPSA) is 48.7 Å². The summed E-state index contributed by atoms with van der Waals surface area (Å²) in [5.74, 6) is 1.29. The zero-order valence-corrected chi connectivity index (χ0v) is 18.4. The van der Waals surface area contributed by atoms with Gasteiger partial charge in [0.05, 0.1) is 18.1 Å². The first-order valence-electron chi connectivity index (χ1n) is 10.4. The van der Waals surface area contributed by atoms with E-state index in [2.05, 4.69) is 46.8 Å². The van der Waals surface area contributed by atoms with E-state index in [0.717, 1.165) is 31.1 Å². The molecule has 29 heavy (non-hydrogen) atoms. The van der Waals surface area contributed by atoms with Crippen LogP contribution >= 0.6 is 0 Å². The van der Waals surface area contributed by atoms with Crippen LogP contribution in [0.3, 0.4) is 0 Å². The Morgan fingerprint density at radius 2 is 1.97 bits per heavy atom. The van der Waals surface area contributed by atoms with Gasteiger partial charge in [-0.15, -0.1) is 0 Å². The predicted octanol–water partition coefficient (Wildman–Crippen LogP) is 6.53. The Balaban J connectivity index is 1.79. The summed E-state index contributed by atoms with van der Waals surface area (Å²) < 4.78 is 17.3. The maximum absolute atomic E-state index is 12.7. The van der Waals surface area contributed by atoms with Crippen molar-refractivity contribution in [3.05, 3.63) is 57.5 Å². The maximum atomic E-state index is 12.7. The molecule has 3 rings (SSSR count). The third kappa shape index (κ3) is 4.42. The van der Waals surface area contributed by atoms with Crippen LogP contribution in [-0.2, 0) is 0 Å². The third-order valence-electron chi connectivity index (χ3n) is 6.01. The minimum absolute atomic E-state index is 0.0281. The fourth-order valence-corrected chi connectivity index (χ4v) is 3.97. The van der Waals surface area contributed by atoms with Gasteiger partial charge in [0.2, 0.25) is 0 Å². The predicted molar refractivity (Wildman–Crippen MR) is 118 cm³/mol. The third-order valence-corrected chi connectivity index (χ3v) is 6.01. The van der Waals surface area contributed by atoms with Gasteiger partial charge in [-0.05, 0) is 65.5 Å². The molecule has 1 aliphatic heterocycles. The van der Waals surface area contributed by atoms with E-state index in [-0.39, 0.29) is 11.5 Å². The molecule has 1 aromatic heterocycles. The number of benzene rings is 1. The van der Waals surface area contributed by atoms with Crippen molar-refractivity contribution in [3.63, 3.8) is 0 Å². The number of hydrogen-bond donors (Lipinski definition) is 0. The van der Waals surface area contributed by atoms with Crippen molar-refractivity contribution in [1.29, 1.82) is 0 Å². The van der Waals surface area contributed by atoms with Crippen molar-refractivity contribution in [2.24, 2.45) is 0 Å². The summed E-state index contributed by atoms with van der Waals surface area (Å²) in [5.41, 5.74) is 3.16. The average molecular weight is 397 g/mol. The van der Waals surface area contributed by atoms with Crippen LogP contribution in [0, 0.1) is 0 Å². The monoisotopic (exact) mass is 396 g/mol. The lowest BCUT2D eigenvalue weighted by Crippen LogP contribution is -2.33. The largest absolute Gasteiger partial charge is 0.497 e. The lowest BCUT2D eigenvalue weighted by Gasteiger charge is -2.28. The number of fused-ring (bicyclic) bond motifs is 3. The molecule has 0 fully saturated rings. The minimum Gasteiger partial charge on any atom is -0.497 e. The van der Waals surface area contributed by atoms with Crippen molar-refractivity contribution in [2.45, 2.75) is 71.8 Å². The number of ether oxygens (including phenoxy) is 2. The molecule has 2 heterocycles. The van der Waals surface area contributed by atoms with E-state index >= 15 is 0 Å². The molecule has 1 aromatic carbocycles. The highest BCUT2D eigenvalue weighted by atomic mass is 16.5. The van der Waals surface area contributed by atoms with Gasteiger partial charge in [-0.2, -0.15) is 0 Å². The Kier molecular flexibility index (Phi) is 6.21. The van der Waals surface area contributed by atoms with Crippen LogP contribution in [0.5, 0.6) is 11.5 Å². The molecule has 0 amide bonds. The average Bonchev–Trinajstić information content (AvgIpc) is 2.93. The van der Waals surface area contributed by atoms with E-state index in [0.29, 0.717) is 22.6 Å². The fourth-order valence-electron chi connectivity index (χ4n) is 3.97. The number of allylic oxidation sites excluding steroid dienone is 4. The highest BCUT2D eigenvalue weighted by Gasteiger charge is 2.44. The smallest absolute Gasteiger partial charge is 0.343 e. The molecule has 2 atom stereocenters. The van der Waals surface area contributed by atoms with Crippen molar-refractivity contribution >= 4 is 11.0 Å². The van der Waals surface area contributed by atoms with Crippen molar-refractivity contribution < 1.29 is 13.9 Å². The van der Waals surface area contributed by atoms with Gasteiger partial charge in [0.1, 0.15) is 22.7 Å². The molecule has 1 aliphatic rings. The second-order valence-electron chi connectivity index (χ2n) is 8.54. The number of hydrogen-bond acceptors (Lipinski definition) is 4.